The fraction of sp³-hybridized carbons (Fsp3) is 0.417. The number of rotatable bonds is 3. The molecule has 0 aromatic heterocycles. The summed E-state index contributed by atoms with van der Waals surface area (Å²) in [5, 5.41) is 0. The maximum Gasteiger partial charge on any atom is 0.0651 e. The first-order valence-electron chi connectivity index (χ1n) is 4.59. The summed E-state index contributed by atoms with van der Waals surface area (Å²) in [6, 6.07) is 0. The van der Waals surface area contributed by atoms with Gasteiger partial charge in [-0.05, 0) is 32.4 Å². The largest absolute Gasteiger partial charge is 0.258 e. The van der Waals surface area contributed by atoms with E-state index < -0.39 is 0 Å². The van der Waals surface area contributed by atoms with Crippen molar-refractivity contribution in [2.45, 2.75) is 34.6 Å². The van der Waals surface area contributed by atoms with Crippen molar-refractivity contribution < 1.29 is 0 Å². The second kappa shape index (κ2) is 8.98. The topological polar surface area (TPSA) is 12.4 Å². The summed E-state index contributed by atoms with van der Waals surface area (Å²) < 4.78 is 0. The van der Waals surface area contributed by atoms with Gasteiger partial charge in [-0.1, -0.05) is 33.1 Å². The van der Waals surface area contributed by atoms with Gasteiger partial charge in [0.1, 0.15) is 0 Å². The molecule has 1 nitrogen and oxygen atoms in total. The van der Waals surface area contributed by atoms with Crippen LogP contribution in [0.4, 0.5) is 0 Å². The molecule has 0 aliphatic heterocycles. The molecule has 0 atom stereocenters. The van der Waals surface area contributed by atoms with E-state index in [2.05, 4.69) is 18.2 Å². The highest BCUT2D eigenvalue weighted by Crippen LogP contribution is 2.07. The maximum atomic E-state index is 4.27. The molecular weight excluding hydrogens is 158 g/mol. The van der Waals surface area contributed by atoms with Crippen LogP contribution in [0.25, 0.3) is 0 Å². The van der Waals surface area contributed by atoms with Crippen LogP contribution in [-0.2, 0) is 0 Å². The van der Waals surface area contributed by atoms with E-state index in [0.717, 1.165) is 17.0 Å². The Morgan fingerprint density at radius 1 is 1.00 bits per heavy atom. The predicted molar refractivity (Wildman–Crippen MR) is 63.2 cm³/mol. The minimum absolute atomic E-state index is 0.903. The van der Waals surface area contributed by atoms with Crippen LogP contribution in [0.1, 0.15) is 34.6 Å². The van der Waals surface area contributed by atoms with Crippen molar-refractivity contribution in [1.29, 1.82) is 0 Å². The highest BCUT2D eigenvalue weighted by atomic mass is 14.7. The Kier molecular flexibility index (Phi) is 9.96. The second-order valence-electron chi connectivity index (χ2n) is 2.54. The first-order chi connectivity index (χ1) is 6.11. The van der Waals surface area contributed by atoms with Crippen LogP contribution in [0, 0.1) is 0 Å². The van der Waals surface area contributed by atoms with Gasteiger partial charge in [0.15, 0.2) is 0 Å². The van der Waals surface area contributed by atoms with E-state index in [1.807, 2.05) is 34.6 Å². The zero-order chi connectivity index (χ0) is 10.9. The molecule has 13 heavy (non-hydrogen) atoms. The average molecular weight is 179 g/mol. The molecule has 0 rings (SSSR count). The minimum atomic E-state index is 0.903. The van der Waals surface area contributed by atoms with Crippen LogP contribution < -0.4 is 0 Å². The first kappa shape index (κ1) is 14.4. The Hall–Kier alpha value is -1.11. The molecule has 74 valence electrons. The van der Waals surface area contributed by atoms with E-state index in [-0.39, 0.29) is 0 Å². The highest BCUT2D eigenvalue weighted by Gasteiger charge is 1.91. The number of hydrogen-bond acceptors (Lipinski definition) is 1. The Morgan fingerprint density at radius 3 is 1.69 bits per heavy atom. The smallest absolute Gasteiger partial charge is 0.0651 e. The summed E-state index contributed by atoms with van der Waals surface area (Å²) in [4.78, 5) is 4.27. The summed E-state index contributed by atoms with van der Waals surface area (Å²) in [5.74, 6) is 0. The molecule has 0 aliphatic rings. The molecule has 0 unspecified atom stereocenters. The number of hydrogen-bond donors (Lipinski definition) is 0. The van der Waals surface area contributed by atoms with E-state index >= 15 is 0 Å². The number of allylic oxidation sites excluding steroid dienone is 3. The molecule has 0 heterocycles. The van der Waals surface area contributed by atoms with E-state index in [1.54, 1.807) is 12.2 Å². The highest BCUT2D eigenvalue weighted by molar-refractivity contribution is 5.80. The third-order valence-corrected chi connectivity index (χ3v) is 1.25. The van der Waals surface area contributed by atoms with Gasteiger partial charge in [0.25, 0.3) is 0 Å². The van der Waals surface area contributed by atoms with Crippen molar-refractivity contribution in [3.63, 3.8) is 0 Å². The van der Waals surface area contributed by atoms with Gasteiger partial charge >= 0.3 is 0 Å². The lowest BCUT2D eigenvalue weighted by Gasteiger charge is -1.97. The summed E-state index contributed by atoms with van der Waals surface area (Å²) in [6.07, 6.45) is 3.52. The predicted octanol–water partition coefficient (Wildman–Crippen LogP) is 4.14. The molecule has 0 radical (unpaired) electrons. The second-order valence-corrected chi connectivity index (χ2v) is 2.54. The van der Waals surface area contributed by atoms with E-state index in [0.29, 0.717) is 0 Å². The van der Waals surface area contributed by atoms with Gasteiger partial charge in [0.2, 0.25) is 0 Å². The molecule has 0 N–H and O–H groups in total. The molecular formula is C12H21N. The lowest BCUT2D eigenvalue weighted by Crippen LogP contribution is -1.84. The first-order valence-corrected chi connectivity index (χ1v) is 4.59. The van der Waals surface area contributed by atoms with E-state index in [4.69, 9.17) is 0 Å². The molecule has 0 aromatic carbocycles. The van der Waals surface area contributed by atoms with Crippen LogP contribution in [0.2, 0.25) is 0 Å². The normalized spacial score (nSPS) is 10.2. The molecule has 0 aromatic rings. The van der Waals surface area contributed by atoms with Crippen LogP contribution in [0.15, 0.2) is 41.6 Å². The lowest BCUT2D eigenvalue weighted by molar-refractivity contribution is 1.30. The molecule has 0 spiro atoms. The quantitative estimate of drug-likeness (QED) is 0.456. The summed E-state index contributed by atoms with van der Waals surface area (Å²) in [7, 11) is 0. The van der Waals surface area contributed by atoms with Gasteiger partial charge in [-0.25, -0.2) is 0 Å². The molecule has 0 saturated carbocycles. The van der Waals surface area contributed by atoms with Crippen molar-refractivity contribution in [2.75, 3.05) is 0 Å². The fourth-order valence-electron chi connectivity index (χ4n) is 0.640. The van der Waals surface area contributed by atoms with Gasteiger partial charge in [0.05, 0.1) is 5.70 Å². The number of aliphatic imine (C=N–C) groups is 1. The third kappa shape index (κ3) is 7.26. The van der Waals surface area contributed by atoms with Gasteiger partial charge in [0, 0.05) is 5.71 Å². The van der Waals surface area contributed by atoms with Gasteiger partial charge in [-0.15, -0.1) is 0 Å². The van der Waals surface area contributed by atoms with Crippen LogP contribution >= 0.6 is 0 Å². The van der Waals surface area contributed by atoms with Crippen LogP contribution in [-0.4, -0.2) is 5.71 Å². The van der Waals surface area contributed by atoms with Crippen molar-refractivity contribution >= 4 is 5.71 Å². The Balaban J connectivity index is 0. The van der Waals surface area contributed by atoms with Crippen molar-refractivity contribution in [3.05, 3.63) is 36.6 Å². The summed E-state index contributed by atoms with van der Waals surface area (Å²) in [6.45, 7) is 17.2. The molecule has 0 aliphatic carbocycles. The molecule has 0 saturated heterocycles. The van der Waals surface area contributed by atoms with E-state index in [1.165, 1.54) is 0 Å². The average Bonchev–Trinajstić information content (AvgIpc) is 2.16. The monoisotopic (exact) mass is 179 g/mol. The SMILES string of the molecule is C=C/C(C)=C(\C=C)N=C(C)C.CC. The van der Waals surface area contributed by atoms with Gasteiger partial charge < -0.3 is 0 Å². The molecule has 0 amide bonds. The van der Waals surface area contributed by atoms with Gasteiger partial charge in [-0.2, -0.15) is 0 Å². The van der Waals surface area contributed by atoms with E-state index in [9.17, 15) is 0 Å². The van der Waals surface area contributed by atoms with Crippen molar-refractivity contribution in [1.82, 2.24) is 0 Å². The third-order valence-electron chi connectivity index (χ3n) is 1.25. The Labute approximate surface area is 82.6 Å². The summed E-state index contributed by atoms with van der Waals surface area (Å²) >= 11 is 0. The standard InChI is InChI=1S/C10H15N.C2H6/c1-6-9(5)10(7-2)11-8(3)4;1-2/h6-7H,1-2H2,3-5H3;1-2H3/b10-9+;. The van der Waals surface area contributed by atoms with Crippen molar-refractivity contribution in [2.24, 2.45) is 4.99 Å². The number of nitrogens with zero attached hydrogens (tertiary/aromatic N) is 1. The minimum Gasteiger partial charge on any atom is -0.258 e. The maximum absolute atomic E-state index is 4.27. The summed E-state index contributed by atoms with van der Waals surface area (Å²) in [5.41, 5.74) is 2.99. The molecule has 1 heteroatoms. The van der Waals surface area contributed by atoms with Crippen LogP contribution in [0.3, 0.4) is 0 Å². The van der Waals surface area contributed by atoms with Crippen molar-refractivity contribution in [3.8, 4) is 0 Å². The molecule has 0 bridgehead atoms. The Bertz CT molecular complexity index is 215. The van der Waals surface area contributed by atoms with Crippen LogP contribution in [0.5, 0.6) is 0 Å². The molecule has 0 fully saturated rings. The fourth-order valence-corrected chi connectivity index (χ4v) is 0.640. The lowest BCUT2D eigenvalue weighted by atomic mass is 10.2. The zero-order valence-electron chi connectivity index (χ0n) is 9.52. The zero-order valence-corrected chi connectivity index (χ0v) is 9.52. The van der Waals surface area contributed by atoms with Gasteiger partial charge in [-0.3, -0.25) is 4.99 Å². The Morgan fingerprint density at radius 2 is 1.46 bits per heavy atom.